The Morgan fingerprint density at radius 2 is 1.78 bits per heavy atom. The number of hydrogen-bond acceptors (Lipinski definition) is 2. The van der Waals surface area contributed by atoms with Crippen LogP contribution in [0.5, 0.6) is 0 Å². The van der Waals surface area contributed by atoms with Gasteiger partial charge in [0, 0.05) is 15.7 Å². The molecule has 3 heteroatoms. The number of benzene rings is 2. The smallest absolute Gasteiger partial charge is 0.0772 e. The molecule has 1 unspecified atom stereocenters. The van der Waals surface area contributed by atoms with Crippen LogP contribution in [0.4, 0.5) is 0 Å². The molecule has 2 aromatic rings. The van der Waals surface area contributed by atoms with Gasteiger partial charge in [-0.3, -0.25) is 0 Å². The van der Waals surface area contributed by atoms with Gasteiger partial charge in [-0.05, 0) is 30.2 Å². The number of aliphatic hydroxyl groups is 1. The molecule has 0 aromatic heterocycles. The normalized spacial score (nSPS) is 12.4. The van der Waals surface area contributed by atoms with E-state index in [2.05, 4.69) is 0 Å². The molecule has 94 valence electrons. The molecule has 0 aliphatic carbocycles. The summed E-state index contributed by atoms with van der Waals surface area (Å²) >= 11 is 7.83. The third kappa shape index (κ3) is 3.29. The molecule has 0 fully saturated rings. The topological polar surface area (TPSA) is 20.2 Å². The first-order valence-corrected chi connectivity index (χ1v) is 7.18. The number of hydrogen-bond donors (Lipinski definition) is 1. The van der Waals surface area contributed by atoms with Gasteiger partial charge in [-0.1, -0.05) is 48.0 Å². The predicted molar refractivity (Wildman–Crippen MR) is 78.1 cm³/mol. The van der Waals surface area contributed by atoms with E-state index in [0.29, 0.717) is 0 Å². The summed E-state index contributed by atoms with van der Waals surface area (Å²) in [6, 6.07) is 15.8. The summed E-state index contributed by atoms with van der Waals surface area (Å²) in [4.78, 5) is 1.10. The van der Waals surface area contributed by atoms with Gasteiger partial charge in [0.2, 0.25) is 0 Å². The van der Waals surface area contributed by atoms with E-state index < -0.39 is 6.10 Å². The standard InChI is InChI=1S/C15H15ClOS/c1-11(17)13-7-3-5-9-15(13)18-10-12-6-2-4-8-14(12)16/h2-9,11,17H,10H2,1H3. The Kier molecular flexibility index (Phi) is 4.70. The second-order valence-electron chi connectivity index (χ2n) is 4.09. The molecule has 1 nitrogen and oxygen atoms in total. The number of rotatable bonds is 4. The summed E-state index contributed by atoms with van der Waals surface area (Å²) in [6.07, 6.45) is -0.444. The Bertz CT molecular complexity index is 525. The first-order valence-electron chi connectivity index (χ1n) is 5.81. The highest BCUT2D eigenvalue weighted by Gasteiger charge is 2.08. The zero-order valence-corrected chi connectivity index (χ0v) is 11.7. The highest BCUT2D eigenvalue weighted by molar-refractivity contribution is 7.98. The molecule has 0 heterocycles. The summed E-state index contributed by atoms with van der Waals surface area (Å²) in [5, 5.41) is 10.5. The van der Waals surface area contributed by atoms with Gasteiger partial charge >= 0.3 is 0 Å². The van der Waals surface area contributed by atoms with Crippen LogP contribution in [0.2, 0.25) is 5.02 Å². The van der Waals surface area contributed by atoms with Crippen molar-refractivity contribution in [3.05, 3.63) is 64.7 Å². The second kappa shape index (κ2) is 6.28. The summed E-state index contributed by atoms with van der Waals surface area (Å²) in [6.45, 7) is 1.79. The van der Waals surface area contributed by atoms with Crippen molar-refractivity contribution >= 4 is 23.4 Å². The van der Waals surface area contributed by atoms with Crippen molar-refractivity contribution in [3.8, 4) is 0 Å². The quantitative estimate of drug-likeness (QED) is 0.819. The van der Waals surface area contributed by atoms with Gasteiger partial charge < -0.3 is 5.11 Å². The summed E-state index contributed by atoms with van der Waals surface area (Å²) in [5.41, 5.74) is 2.08. The molecule has 2 aromatic carbocycles. The van der Waals surface area contributed by atoms with Crippen LogP contribution in [-0.2, 0) is 5.75 Å². The third-order valence-corrected chi connectivity index (χ3v) is 4.22. The fraction of sp³-hybridized carbons (Fsp3) is 0.200. The highest BCUT2D eigenvalue weighted by Crippen LogP contribution is 2.31. The largest absolute Gasteiger partial charge is 0.389 e. The van der Waals surface area contributed by atoms with Crippen molar-refractivity contribution < 1.29 is 5.11 Å². The van der Waals surface area contributed by atoms with Crippen LogP contribution in [0.15, 0.2) is 53.4 Å². The van der Waals surface area contributed by atoms with Gasteiger partial charge in [-0.25, -0.2) is 0 Å². The third-order valence-electron chi connectivity index (χ3n) is 2.71. The number of thioether (sulfide) groups is 1. The van der Waals surface area contributed by atoms with Gasteiger partial charge in [0.05, 0.1) is 6.10 Å². The molecular formula is C15H15ClOS. The minimum Gasteiger partial charge on any atom is -0.389 e. The van der Waals surface area contributed by atoms with E-state index in [4.69, 9.17) is 11.6 Å². The average molecular weight is 279 g/mol. The Balaban J connectivity index is 2.14. The molecule has 1 N–H and O–H groups in total. The van der Waals surface area contributed by atoms with Gasteiger partial charge in [0.15, 0.2) is 0 Å². The Labute approximate surface area is 117 Å². The van der Waals surface area contributed by atoms with E-state index >= 15 is 0 Å². The van der Waals surface area contributed by atoms with Crippen LogP contribution in [0.25, 0.3) is 0 Å². The van der Waals surface area contributed by atoms with E-state index in [1.165, 1.54) is 0 Å². The lowest BCUT2D eigenvalue weighted by atomic mass is 10.1. The van der Waals surface area contributed by atoms with E-state index in [-0.39, 0.29) is 0 Å². The van der Waals surface area contributed by atoms with E-state index in [0.717, 1.165) is 26.8 Å². The van der Waals surface area contributed by atoms with Crippen LogP contribution in [-0.4, -0.2) is 5.11 Å². The summed E-state index contributed by atoms with van der Waals surface area (Å²) in [7, 11) is 0. The molecule has 18 heavy (non-hydrogen) atoms. The molecule has 0 bridgehead atoms. The molecule has 0 radical (unpaired) electrons. The Morgan fingerprint density at radius 1 is 1.11 bits per heavy atom. The fourth-order valence-electron chi connectivity index (χ4n) is 1.73. The minimum atomic E-state index is -0.444. The molecular weight excluding hydrogens is 264 g/mol. The van der Waals surface area contributed by atoms with Crippen LogP contribution in [0.1, 0.15) is 24.2 Å². The van der Waals surface area contributed by atoms with E-state index in [9.17, 15) is 5.11 Å². The molecule has 0 saturated carbocycles. The lowest BCUT2D eigenvalue weighted by Crippen LogP contribution is -1.93. The zero-order chi connectivity index (χ0) is 13.0. The molecule has 0 aliphatic rings. The van der Waals surface area contributed by atoms with Gasteiger partial charge in [0.25, 0.3) is 0 Å². The highest BCUT2D eigenvalue weighted by atomic mass is 35.5. The monoisotopic (exact) mass is 278 g/mol. The lowest BCUT2D eigenvalue weighted by Gasteiger charge is -2.11. The lowest BCUT2D eigenvalue weighted by molar-refractivity contribution is 0.196. The SMILES string of the molecule is CC(O)c1ccccc1SCc1ccccc1Cl. The Hall–Kier alpha value is -0.960. The second-order valence-corrected chi connectivity index (χ2v) is 5.52. The minimum absolute atomic E-state index is 0.444. The maximum Gasteiger partial charge on any atom is 0.0772 e. The molecule has 0 aliphatic heterocycles. The molecule has 1 atom stereocenters. The molecule has 0 spiro atoms. The van der Waals surface area contributed by atoms with Crippen molar-refractivity contribution in [2.24, 2.45) is 0 Å². The van der Waals surface area contributed by atoms with Crippen LogP contribution in [0.3, 0.4) is 0 Å². The average Bonchev–Trinajstić information content (AvgIpc) is 2.38. The fourth-order valence-corrected chi connectivity index (χ4v) is 3.15. The van der Waals surface area contributed by atoms with Gasteiger partial charge in [-0.15, -0.1) is 11.8 Å². The molecule has 2 rings (SSSR count). The van der Waals surface area contributed by atoms with Crippen molar-refractivity contribution in [1.29, 1.82) is 0 Å². The number of aliphatic hydroxyl groups excluding tert-OH is 1. The van der Waals surface area contributed by atoms with Crippen molar-refractivity contribution in [2.75, 3.05) is 0 Å². The van der Waals surface area contributed by atoms with Crippen LogP contribution >= 0.6 is 23.4 Å². The summed E-state index contributed by atoms with van der Waals surface area (Å²) in [5.74, 6) is 0.809. The van der Waals surface area contributed by atoms with Crippen LogP contribution < -0.4 is 0 Å². The van der Waals surface area contributed by atoms with E-state index in [1.54, 1.807) is 18.7 Å². The van der Waals surface area contributed by atoms with Crippen molar-refractivity contribution in [3.63, 3.8) is 0 Å². The first-order chi connectivity index (χ1) is 8.68. The van der Waals surface area contributed by atoms with Gasteiger partial charge in [0.1, 0.15) is 0 Å². The van der Waals surface area contributed by atoms with Gasteiger partial charge in [-0.2, -0.15) is 0 Å². The van der Waals surface area contributed by atoms with E-state index in [1.807, 2.05) is 48.5 Å². The molecule has 0 saturated heterocycles. The number of halogens is 1. The zero-order valence-electron chi connectivity index (χ0n) is 10.1. The predicted octanol–water partition coefficient (Wildman–Crippen LogP) is 4.69. The first kappa shape index (κ1) is 13.5. The van der Waals surface area contributed by atoms with Crippen LogP contribution in [0, 0.1) is 0 Å². The summed E-state index contributed by atoms with van der Waals surface area (Å²) < 4.78 is 0. The van der Waals surface area contributed by atoms with Crippen molar-refractivity contribution in [1.82, 2.24) is 0 Å². The van der Waals surface area contributed by atoms with Crippen molar-refractivity contribution in [2.45, 2.75) is 23.7 Å². The maximum atomic E-state index is 9.72. The maximum absolute atomic E-state index is 9.72. The molecule has 0 amide bonds. The Morgan fingerprint density at radius 3 is 2.50 bits per heavy atom.